The molecule has 0 aromatic heterocycles. The van der Waals surface area contributed by atoms with E-state index in [9.17, 15) is 0 Å². The van der Waals surface area contributed by atoms with E-state index < -0.39 is 0 Å². The lowest BCUT2D eigenvalue weighted by Gasteiger charge is -2.28. The van der Waals surface area contributed by atoms with E-state index in [0.717, 1.165) is 25.3 Å². The molecular formula is C10H21N3. The van der Waals surface area contributed by atoms with E-state index in [4.69, 9.17) is 5.41 Å². The number of rotatable bonds is 3. The Balaban J connectivity index is 2.48. The maximum atomic E-state index is 7.82. The molecule has 1 rings (SSSR count). The Morgan fingerprint density at radius 1 is 1.54 bits per heavy atom. The SMILES string of the molecule is CCC(=N)N1CCCC1CN(C)C. The van der Waals surface area contributed by atoms with Gasteiger partial charge < -0.3 is 9.80 Å². The highest BCUT2D eigenvalue weighted by Gasteiger charge is 2.25. The average Bonchev–Trinajstić information content (AvgIpc) is 2.50. The van der Waals surface area contributed by atoms with Crippen molar-refractivity contribution in [1.82, 2.24) is 9.80 Å². The smallest absolute Gasteiger partial charge is 0.0957 e. The lowest BCUT2D eigenvalue weighted by molar-refractivity contribution is 0.282. The summed E-state index contributed by atoms with van der Waals surface area (Å²) in [6.07, 6.45) is 3.37. The third-order valence-corrected chi connectivity index (χ3v) is 2.63. The first-order valence-corrected chi connectivity index (χ1v) is 5.14. The van der Waals surface area contributed by atoms with Gasteiger partial charge in [0.1, 0.15) is 0 Å². The quantitative estimate of drug-likeness (QED) is 0.529. The molecule has 1 fully saturated rings. The van der Waals surface area contributed by atoms with Crippen molar-refractivity contribution in [3.05, 3.63) is 0 Å². The molecule has 1 saturated heterocycles. The summed E-state index contributed by atoms with van der Waals surface area (Å²) in [4.78, 5) is 4.48. The summed E-state index contributed by atoms with van der Waals surface area (Å²) in [6.45, 7) is 4.24. The minimum absolute atomic E-state index is 0.586. The van der Waals surface area contributed by atoms with Gasteiger partial charge in [0.2, 0.25) is 0 Å². The Morgan fingerprint density at radius 3 is 2.77 bits per heavy atom. The van der Waals surface area contributed by atoms with Crippen LogP contribution in [-0.4, -0.2) is 48.9 Å². The molecule has 0 aromatic rings. The fourth-order valence-electron chi connectivity index (χ4n) is 2.01. The lowest BCUT2D eigenvalue weighted by atomic mass is 10.2. The van der Waals surface area contributed by atoms with Gasteiger partial charge in [-0.2, -0.15) is 0 Å². The van der Waals surface area contributed by atoms with Crippen LogP contribution in [0.2, 0.25) is 0 Å². The van der Waals surface area contributed by atoms with Crippen LogP contribution in [0.25, 0.3) is 0 Å². The van der Waals surface area contributed by atoms with Gasteiger partial charge in [-0.25, -0.2) is 0 Å². The zero-order valence-corrected chi connectivity index (χ0v) is 9.01. The second kappa shape index (κ2) is 4.61. The monoisotopic (exact) mass is 183 g/mol. The third-order valence-electron chi connectivity index (χ3n) is 2.63. The standard InChI is InChI=1S/C10H21N3/c1-4-10(11)13-7-5-6-9(13)8-12(2)3/h9,11H,4-8H2,1-3H3. The molecule has 1 N–H and O–H groups in total. The number of hydrogen-bond acceptors (Lipinski definition) is 2. The van der Waals surface area contributed by atoms with Crippen molar-refractivity contribution in [2.45, 2.75) is 32.2 Å². The van der Waals surface area contributed by atoms with Crippen molar-refractivity contribution in [2.75, 3.05) is 27.2 Å². The third kappa shape index (κ3) is 2.69. The first kappa shape index (κ1) is 10.5. The fourth-order valence-corrected chi connectivity index (χ4v) is 2.01. The van der Waals surface area contributed by atoms with Gasteiger partial charge in [0.15, 0.2) is 0 Å². The van der Waals surface area contributed by atoms with Crippen molar-refractivity contribution < 1.29 is 0 Å². The highest BCUT2D eigenvalue weighted by molar-refractivity contribution is 5.79. The number of likely N-dealkylation sites (N-methyl/N-ethyl adjacent to an activating group) is 1. The van der Waals surface area contributed by atoms with Gasteiger partial charge in [-0.1, -0.05) is 6.92 Å². The van der Waals surface area contributed by atoms with Crippen LogP contribution < -0.4 is 0 Å². The van der Waals surface area contributed by atoms with Crippen LogP contribution >= 0.6 is 0 Å². The van der Waals surface area contributed by atoms with E-state index in [0.29, 0.717) is 6.04 Å². The number of likely N-dealkylation sites (tertiary alicyclic amines) is 1. The number of amidine groups is 1. The molecule has 1 atom stereocenters. The van der Waals surface area contributed by atoms with Crippen molar-refractivity contribution >= 4 is 5.84 Å². The van der Waals surface area contributed by atoms with E-state index in [1.54, 1.807) is 0 Å². The molecule has 0 spiro atoms. The minimum Gasteiger partial charge on any atom is -0.356 e. The highest BCUT2D eigenvalue weighted by Crippen LogP contribution is 2.18. The molecule has 1 heterocycles. The summed E-state index contributed by atoms with van der Waals surface area (Å²) >= 11 is 0. The van der Waals surface area contributed by atoms with Gasteiger partial charge in [-0.05, 0) is 26.9 Å². The first-order chi connectivity index (χ1) is 6.15. The minimum atomic E-state index is 0.586. The number of nitrogens with zero attached hydrogens (tertiary/aromatic N) is 2. The lowest BCUT2D eigenvalue weighted by Crippen LogP contribution is -2.40. The Morgan fingerprint density at radius 2 is 2.23 bits per heavy atom. The molecule has 13 heavy (non-hydrogen) atoms. The second-order valence-corrected chi connectivity index (χ2v) is 4.05. The molecule has 0 saturated carbocycles. The van der Waals surface area contributed by atoms with Gasteiger partial charge in [-0.3, -0.25) is 5.41 Å². The van der Waals surface area contributed by atoms with Crippen LogP contribution in [0.1, 0.15) is 26.2 Å². The second-order valence-electron chi connectivity index (χ2n) is 4.05. The Hall–Kier alpha value is -0.570. The van der Waals surface area contributed by atoms with Crippen LogP contribution in [0.3, 0.4) is 0 Å². The molecule has 0 aliphatic carbocycles. The predicted octanol–water partition coefficient (Wildman–Crippen LogP) is 1.40. The first-order valence-electron chi connectivity index (χ1n) is 5.14. The molecule has 1 unspecified atom stereocenters. The molecule has 1 aliphatic heterocycles. The molecule has 0 amide bonds. The zero-order chi connectivity index (χ0) is 9.84. The Kier molecular flexibility index (Phi) is 3.72. The molecule has 0 aromatic carbocycles. The maximum Gasteiger partial charge on any atom is 0.0957 e. The molecule has 3 nitrogen and oxygen atoms in total. The van der Waals surface area contributed by atoms with E-state index in [2.05, 4.69) is 30.8 Å². The molecule has 3 heteroatoms. The molecule has 0 radical (unpaired) electrons. The van der Waals surface area contributed by atoms with E-state index in [-0.39, 0.29) is 0 Å². The van der Waals surface area contributed by atoms with Crippen LogP contribution in [-0.2, 0) is 0 Å². The molecular weight excluding hydrogens is 162 g/mol. The number of hydrogen-bond donors (Lipinski definition) is 1. The van der Waals surface area contributed by atoms with Crippen molar-refractivity contribution in [3.8, 4) is 0 Å². The summed E-state index contributed by atoms with van der Waals surface area (Å²) in [7, 11) is 4.21. The van der Waals surface area contributed by atoms with Gasteiger partial charge >= 0.3 is 0 Å². The van der Waals surface area contributed by atoms with Crippen LogP contribution in [0.15, 0.2) is 0 Å². The normalized spacial score (nSPS) is 22.8. The maximum absolute atomic E-state index is 7.82. The van der Waals surface area contributed by atoms with Gasteiger partial charge in [-0.15, -0.1) is 0 Å². The topological polar surface area (TPSA) is 30.3 Å². The summed E-state index contributed by atoms with van der Waals surface area (Å²) in [5, 5.41) is 7.82. The predicted molar refractivity (Wildman–Crippen MR) is 56.3 cm³/mol. The summed E-state index contributed by atoms with van der Waals surface area (Å²) in [5.41, 5.74) is 0. The largest absolute Gasteiger partial charge is 0.356 e. The van der Waals surface area contributed by atoms with Crippen molar-refractivity contribution in [2.24, 2.45) is 0 Å². The number of nitrogens with one attached hydrogen (secondary N) is 1. The van der Waals surface area contributed by atoms with E-state index >= 15 is 0 Å². The molecule has 0 bridgehead atoms. The Bertz CT molecular complexity index is 177. The van der Waals surface area contributed by atoms with Gasteiger partial charge in [0, 0.05) is 25.6 Å². The van der Waals surface area contributed by atoms with Crippen molar-refractivity contribution in [1.29, 1.82) is 5.41 Å². The summed E-state index contributed by atoms with van der Waals surface area (Å²) in [6, 6.07) is 0.586. The zero-order valence-electron chi connectivity index (χ0n) is 9.01. The summed E-state index contributed by atoms with van der Waals surface area (Å²) < 4.78 is 0. The molecule has 76 valence electrons. The van der Waals surface area contributed by atoms with Gasteiger partial charge in [0.05, 0.1) is 5.84 Å². The summed E-state index contributed by atoms with van der Waals surface area (Å²) in [5.74, 6) is 0.810. The average molecular weight is 183 g/mol. The van der Waals surface area contributed by atoms with Crippen LogP contribution in [0, 0.1) is 5.41 Å². The van der Waals surface area contributed by atoms with E-state index in [1.807, 2.05) is 0 Å². The fraction of sp³-hybridized carbons (Fsp3) is 0.900. The highest BCUT2D eigenvalue weighted by atomic mass is 15.2. The van der Waals surface area contributed by atoms with Crippen LogP contribution in [0.4, 0.5) is 0 Å². The Labute approximate surface area is 81.2 Å². The van der Waals surface area contributed by atoms with E-state index in [1.165, 1.54) is 12.8 Å². The van der Waals surface area contributed by atoms with Crippen molar-refractivity contribution in [3.63, 3.8) is 0 Å². The van der Waals surface area contributed by atoms with Gasteiger partial charge in [0.25, 0.3) is 0 Å². The molecule has 1 aliphatic rings. The van der Waals surface area contributed by atoms with Crippen LogP contribution in [0.5, 0.6) is 0 Å².